The van der Waals surface area contributed by atoms with Gasteiger partial charge in [-0.25, -0.2) is 0 Å². The molecule has 0 rings (SSSR count). The maximum atomic E-state index is 6.28. The van der Waals surface area contributed by atoms with Gasteiger partial charge >= 0.3 is 0 Å². The summed E-state index contributed by atoms with van der Waals surface area (Å²) in [5, 5.41) is 0. The maximum absolute atomic E-state index is 6.28. The summed E-state index contributed by atoms with van der Waals surface area (Å²) in [5.74, 6) is 0. The van der Waals surface area contributed by atoms with Crippen LogP contribution in [0.5, 0.6) is 0 Å². The predicted octanol–water partition coefficient (Wildman–Crippen LogP) is 5.61. The van der Waals surface area contributed by atoms with Gasteiger partial charge in [-0.3, -0.25) is 0 Å². The van der Waals surface area contributed by atoms with E-state index in [-0.39, 0.29) is 0 Å². The molecule has 0 aliphatic rings. The lowest BCUT2D eigenvalue weighted by atomic mass is 10.7. The van der Waals surface area contributed by atoms with Crippen LogP contribution in [0.4, 0.5) is 0 Å². The lowest BCUT2D eigenvalue weighted by Crippen LogP contribution is -2.36. The summed E-state index contributed by atoms with van der Waals surface area (Å²) < 4.78 is 6.28. The quantitative estimate of drug-likeness (QED) is 0.474. The Hall–Kier alpha value is 0.134. The average molecular weight is 287 g/mol. The SMILES string of the molecule is CC[Si](C=CCO[Si](CC)(CC)CC)(CC)CC. The monoisotopic (exact) mass is 286 g/mol. The zero-order valence-electron chi connectivity index (χ0n) is 13.5. The van der Waals surface area contributed by atoms with Gasteiger partial charge < -0.3 is 4.43 Å². The molecule has 108 valence electrons. The molecule has 0 amide bonds. The van der Waals surface area contributed by atoms with E-state index in [4.69, 9.17) is 4.43 Å². The highest BCUT2D eigenvalue weighted by molar-refractivity contribution is 6.84. The first-order chi connectivity index (χ1) is 8.57. The van der Waals surface area contributed by atoms with Crippen molar-refractivity contribution >= 4 is 16.4 Å². The molecule has 0 heterocycles. The van der Waals surface area contributed by atoms with Crippen molar-refractivity contribution in [3.05, 3.63) is 11.8 Å². The van der Waals surface area contributed by atoms with Crippen LogP contribution < -0.4 is 0 Å². The molecule has 0 radical (unpaired) electrons. The molecule has 0 unspecified atom stereocenters. The summed E-state index contributed by atoms with van der Waals surface area (Å²) in [6, 6.07) is 7.88. The van der Waals surface area contributed by atoms with Gasteiger partial charge in [0.05, 0.1) is 14.7 Å². The Morgan fingerprint density at radius 2 is 1.17 bits per heavy atom. The van der Waals surface area contributed by atoms with Crippen LogP contribution in [0.3, 0.4) is 0 Å². The Morgan fingerprint density at radius 3 is 1.50 bits per heavy atom. The lowest BCUT2D eigenvalue weighted by molar-refractivity contribution is 0.343. The molecule has 18 heavy (non-hydrogen) atoms. The number of rotatable bonds is 10. The summed E-state index contributed by atoms with van der Waals surface area (Å²) in [6.45, 7) is 14.8. The van der Waals surface area contributed by atoms with Gasteiger partial charge in [0.15, 0.2) is 8.32 Å². The van der Waals surface area contributed by atoms with Crippen LogP contribution >= 0.6 is 0 Å². The molecule has 0 aromatic rings. The highest BCUT2D eigenvalue weighted by Crippen LogP contribution is 2.23. The fraction of sp³-hybridized carbons (Fsp3) is 0.867. The van der Waals surface area contributed by atoms with Crippen molar-refractivity contribution < 1.29 is 4.43 Å². The van der Waals surface area contributed by atoms with E-state index in [0.29, 0.717) is 0 Å². The summed E-state index contributed by atoms with van der Waals surface area (Å²) >= 11 is 0. The van der Waals surface area contributed by atoms with E-state index in [1.807, 2.05) is 0 Å². The molecule has 0 aliphatic heterocycles. The van der Waals surface area contributed by atoms with Gasteiger partial charge in [0, 0.05) is 0 Å². The summed E-state index contributed by atoms with van der Waals surface area (Å²) in [4.78, 5) is 0. The first-order valence-corrected chi connectivity index (χ1v) is 13.1. The summed E-state index contributed by atoms with van der Waals surface area (Å²) in [7, 11) is -2.47. The third-order valence-electron chi connectivity index (χ3n) is 5.00. The van der Waals surface area contributed by atoms with Crippen LogP contribution in [0.25, 0.3) is 0 Å². The maximum Gasteiger partial charge on any atom is 0.192 e. The molecule has 0 fully saturated rings. The normalized spacial score (nSPS) is 13.4. The van der Waals surface area contributed by atoms with Crippen molar-refractivity contribution in [2.24, 2.45) is 0 Å². The van der Waals surface area contributed by atoms with Crippen molar-refractivity contribution in [1.29, 1.82) is 0 Å². The van der Waals surface area contributed by atoms with Crippen molar-refractivity contribution in [3.8, 4) is 0 Å². The van der Waals surface area contributed by atoms with Crippen molar-refractivity contribution in [1.82, 2.24) is 0 Å². The van der Waals surface area contributed by atoms with E-state index in [0.717, 1.165) is 6.61 Å². The van der Waals surface area contributed by atoms with Crippen LogP contribution in [0, 0.1) is 0 Å². The standard InChI is InChI=1S/C15H34OSi2/c1-7-17(8-2,9-3)15-13-14-16-18(10-4,11-5)12-6/h13,15H,7-12,14H2,1-6H3. The zero-order valence-corrected chi connectivity index (χ0v) is 15.5. The average Bonchev–Trinajstić information content (AvgIpc) is 2.45. The number of hydrogen-bond acceptors (Lipinski definition) is 1. The third kappa shape index (κ3) is 5.02. The van der Waals surface area contributed by atoms with Crippen LogP contribution in [-0.2, 0) is 4.43 Å². The van der Waals surface area contributed by atoms with Crippen LogP contribution in [0.15, 0.2) is 11.8 Å². The highest BCUT2D eigenvalue weighted by atomic mass is 28.4. The molecule has 0 aliphatic carbocycles. The molecule has 0 bridgehead atoms. The topological polar surface area (TPSA) is 9.23 Å². The Morgan fingerprint density at radius 1 is 0.722 bits per heavy atom. The van der Waals surface area contributed by atoms with Crippen molar-refractivity contribution in [3.63, 3.8) is 0 Å². The van der Waals surface area contributed by atoms with Crippen LogP contribution in [0.1, 0.15) is 41.5 Å². The molecule has 0 saturated heterocycles. The fourth-order valence-corrected chi connectivity index (χ4v) is 8.05. The molecule has 0 N–H and O–H groups in total. The second kappa shape index (κ2) is 9.10. The van der Waals surface area contributed by atoms with Gasteiger partial charge in [-0.05, 0) is 18.1 Å². The lowest BCUT2D eigenvalue weighted by Gasteiger charge is -2.28. The van der Waals surface area contributed by atoms with E-state index in [9.17, 15) is 0 Å². The molecular weight excluding hydrogens is 252 g/mol. The second-order valence-corrected chi connectivity index (χ2v) is 15.3. The smallest absolute Gasteiger partial charge is 0.192 e. The minimum Gasteiger partial charge on any atom is -0.413 e. The van der Waals surface area contributed by atoms with E-state index in [2.05, 4.69) is 53.3 Å². The number of hydrogen-bond donors (Lipinski definition) is 0. The molecule has 0 atom stereocenters. The highest BCUT2D eigenvalue weighted by Gasteiger charge is 2.28. The van der Waals surface area contributed by atoms with E-state index in [1.165, 1.54) is 36.3 Å². The summed E-state index contributed by atoms with van der Waals surface area (Å²) in [6.07, 6.45) is 2.34. The van der Waals surface area contributed by atoms with Crippen LogP contribution in [-0.4, -0.2) is 23.0 Å². The summed E-state index contributed by atoms with van der Waals surface area (Å²) in [5.41, 5.74) is 2.55. The molecule has 1 nitrogen and oxygen atoms in total. The van der Waals surface area contributed by atoms with Gasteiger partial charge in [-0.1, -0.05) is 71.5 Å². The zero-order chi connectivity index (χ0) is 14.1. The first kappa shape index (κ1) is 18.1. The molecule has 3 heteroatoms. The Balaban J connectivity index is 4.40. The molecule has 0 aromatic heterocycles. The van der Waals surface area contributed by atoms with Crippen molar-refractivity contribution in [2.75, 3.05) is 6.61 Å². The predicted molar refractivity (Wildman–Crippen MR) is 89.5 cm³/mol. The first-order valence-electron chi connectivity index (χ1n) is 7.89. The molecular formula is C15H34OSi2. The molecule has 0 saturated carbocycles. The van der Waals surface area contributed by atoms with Crippen LogP contribution in [0.2, 0.25) is 36.3 Å². The largest absolute Gasteiger partial charge is 0.413 e. The fourth-order valence-electron chi connectivity index (χ4n) is 2.68. The Labute approximate surface area is 117 Å². The molecule has 0 aromatic carbocycles. The Bertz CT molecular complexity index is 214. The van der Waals surface area contributed by atoms with Gasteiger partial charge in [-0.2, -0.15) is 0 Å². The Kier molecular flexibility index (Phi) is 9.17. The van der Waals surface area contributed by atoms with E-state index >= 15 is 0 Å². The molecule has 0 spiro atoms. The van der Waals surface area contributed by atoms with Gasteiger partial charge in [0.25, 0.3) is 0 Å². The van der Waals surface area contributed by atoms with Gasteiger partial charge in [0.1, 0.15) is 0 Å². The third-order valence-corrected chi connectivity index (χ3v) is 14.8. The minimum atomic E-state index is -1.38. The van der Waals surface area contributed by atoms with Gasteiger partial charge in [0.2, 0.25) is 0 Å². The second-order valence-electron chi connectivity index (χ2n) is 5.38. The van der Waals surface area contributed by atoms with E-state index < -0.39 is 16.4 Å². The van der Waals surface area contributed by atoms with Gasteiger partial charge in [-0.15, -0.1) is 0 Å². The van der Waals surface area contributed by atoms with Crippen molar-refractivity contribution in [2.45, 2.75) is 77.8 Å². The minimum absolute atomic E-state index is 0.858. The van der Waals surface area contributed by atoms with E-state index in [1.54, 1.807) is 0 Å².